The number of hydrogen-bond acceptors (Lipinski definition) is 4. The average molecular weight is 406 g/mol. The summed E-state index contributed by atoms with van der Waals surface area (Å²) in [7, 11) is 0. The van der Waals surface area contributed by atoms with Gasteiger partial charge in [0.25, 0.3) is 0 Å². The third-order valence-electron chi connectivity index (χ3n) is 4.39. The van der Waals surface area contributed by atoms with Crippen LogP contribution in [0.2, 0.25) is 10.0 Å². The average Bonchev–Trinajstić information content (AvgIpc) is 2.61. The Hall–Kier alpha value is -2.41. The van der Waals surface area contributed by atoms with E-state index < -0.39 is 6.23 Å². The molecule has 6 nitrogen and oxygen atoms in total. The molecule has 3 N–H and O–H groups in total. The van der Waals surface area contributed by atoms with Crippen molar-refractivity contribution in [3.63, 3.8) is 0 Å². The summed E-state index contributed by atoms with van der Waals surface area (Å²) in [5.74, 6) is 0.728. The highest BCUT2D eigenvalue weighted by atomic mass is 35.5. The van der Waals surface area contributed by atoms with Gasteiger partial charge in [0.1, 0.15) is 18.1 Å². The summed E-state index contributed by atoms with van der Waals surface area (Å²) in [6.45, 7) is 0.994. The molecule has 0 saturated carbocycles. The van der Waals surface area contributed by atoms with Crippen LogP contribution in [0.15, 0.2) is 42.5 Å². The van der Waals surface area contributed by atoms with Crippen LogP contribution in [0.3, 0.4) is 0 Å². The largest absolute Gasteiger partial charge is 0.487 e. The number of hydrogen-bond donors (Lipinski definition) is 3. The molecule has 140 valence electrons. The third-order valence-corrected chi connectivity index (χ3v) is 5.13. The van der Waals surface area contributed by atoms with E-state index in [1.807, 2.05) is 24.3 Å². The summed E-state index contributed by atoms with van der Waals surface area (Å²) >= 11 is 11.8. The summed E-state index contributed by atoms with van der Waals surface area (Å²) in [5, 5.41) is 16.1. The Morgan fingerprint density at radius 2 is 2.00 bits per heavy atom. The Balaban J connectivity index is 1.30. The van der Waals surface area contributed by atoms with Gasteiger partial charge in [-0.2, -0.15) is 0 Å². The zero-order chi connectivity index (χ0) is 19.0. The molecular formula is C19H17Cl2N3O3. The molecule has 2 heterocycles. The molecule has 0 aliphatic carbocycles. The third kappa shape index (κ3) is 3.98. The lowest BCUT2D eigenvalue weighted by molar-refractivity contribution is 0.0493. The van der Waals surface area contributed by atoms with E-state index >= 15 is 0 Å². The summed E-state index contributed by atoms with van der Waals surface area (Å²) < 4.78 is 5.92. The second-order valence-corrected chi connectivity index (χ2v) is 7.22. The van der Waals surface area contributed by atoms with Crippen molar-refractivity contribution in [2.45, 2.75) is 12.3 Å². The molecule has 8 heteroatoms. The number of nitrogens with one attached hydrogen (secondary N) is 2. The first-order valence-electron chi connectivity index (χ1n) is 8.42. The predicted molar refractivity (Wildman–Crippen MR) is 107 cm³/mol. The summed E-state index contributed by atoms with van der Waals surface area (Å²) in [6, 6.07) is 10.4. The van der Waals surface area contributed by atoms with Crippen LogP contribution in [0.25, 0.3) is 6.08 Å². The highest BCUT2D eigenvalue weighted by Gasteiger charge is 2.32. The lowest BCUT2D eigenvalue weighted by Gasteiger charge is -2.38. The monoisotopic (exact) mass is 405 g/mol. The van der Waals surface area contributed by atoms with Crippen LogP contribution in [-0.4, -0.2) is 41.5 Å². The van der Waals surface area contributed by atoms with Gasteiger partial charge in [0.2, 0.25) is 0 Å². The fourth-order valence-electron chi connectivity index (χ4n) is 2.93. The number of rotatable bonds is 3. The number of halogens is 2. The maximum atomic E-state index is 12.3. The Labute approximate surface area is 166 Å². The lowest BCUT2D eigenvalue weighted by Crippen LogP contribution is -2.57. The number of urea groups is 1. The Kier molecular flexibility index (Phi) is 4.86. The quantitative estimate of drug-likeness (QED) is 0.719. The zero-order valence-corrected chi connectivity index (χ0v) is 15.7. The van der Waals surface area contributed by atoms with E-state index in [0.717, 1.165) is 17.0 Å². The van der Waals surface area contributed by atoms with Gasteiger partial charge in [-0.3, -0.25) is 0 Å². The molecule has 2 aliphatic rings. The van der Waals surface area contributed by atoms with Gasteiger partial charge >= 0.3 is 6.03 Å². The number of aliphatic hydroxyl groups excluding tert-OH is 1. The van der Waals surface area contributed by atoms with Crippen LogP contribution < -0.4 is 15.4 Å². The van der Waals surface area contributed by atoms with E-state index in [4.69, 9.17) is 27.9 Å². The van der Waals surface area contributed by atoms with Crippen molar-refractivity contribution in [2.24, 2.45) is 0 Å². The van der Waals surface area contributed by atoms with Crippen molar-refractivity contribution >= 4 is 46.7 Å². The number of amides is 2. The molecule has 2 amide bonds. The maximum Gasteiger partial charge on any atom is 0.322 e. The minimum absolute atomic E-state index is 0.0614. The molecule has 1 atom stereocenters. The standard InChI is InChI=1S/C19H17Cl2N3O3/c20-15-4-2-12(8-16(15)21)22-19(26)24-9-14(10-24)27-13-3-5-17-11(7-13)1-6-18(25)23-17/h1-8,14,18,23,25H,9-10H2,(H,22,26). The van der Waals surface area contributed by atoms with Gasteiger partial charge in [-0.25, -0.2) is 4.79 Å². The number of carbonyl (C=O) groups excluding carboxylic acids is 1. The molecule has 4 rings (SSSR count). The van der Waals surface area contributed by atoms with Crippen LogP contribution in [0, 0.1) is 0 Å². The van der Waals surface area contributed by atoms with Gasteiger partial charge in [0, 0.05) is 16.9 Å². The molecule has 0 spiro atoms. The van der Waals surface area contributed by atoms with Crippen LogP contribution in [0.5, 0.6) is 5.75 Å². The first-order chi connectivity index (χ1) is 13.0. The molecule has 1 saturated heterocycles. The maximum absolute atomic E-state index is 12.3. The second kappa shape index (κ2) is 7.31. The van der Waals surface area contributed by atoms with Gasteiger partial charge < -0.3 is 25.4 Å². The molecule has 2 aliphatic heterocycles. The second-order valence-electron chi connectivity index (χ2n) is 6.40. The van der Waals surface area contributed by atoms with Crippen molar-refractivity contribution in [3.05, 3.63) is 58.1 Å². The molecule has 0 radical (unpaired) electrons. The molecule has 27 heavy (non-hydrogen) atoms. The van der Waals surface area contributed by atoms with E-state index in [9.17, 15) is 9.90 Å². The number of anilines is 2. The molecule has 2 aromatic carbocycles. The van der Waals surface area contributed by atoms with Gasteiger partial charge in [-0.05, 0) is 42.5 Å². The number of benzene rings is 2. The first-order valence-corrected chi connectivity index (χ1v) is 9.18. The fourth-order valence-corrected chi connectivity index (χ4v) is 3.23. The van der Waals surface area contributed by atoms with Crippen LogP contribution in [0.1, 0.15) is 5.56 Å². The van der Waals surface area contributed by atoms with Crippen LogP contribution in [-0.2, 0) is 0 Å². The van der Waals surface area contributed by atoms with Crippen molar-refractivity contribution in [2.75, 3.05) is 23.7 Å². The molecule has 0 bridgehead atoms. The van der Waals surface area contributed by atoms with Crippen molar-refractivity contribution in [1.29, 1.82) is 0 Å². The summed E-state index contributed by atoms with van der Waals surface area (Å²) in [5.41, 5.74) is 2.40. The van der Waals surface area contributed by atoms with E-state index in [1.165, 1.54) is 0 Å². The predicted octanol–water partition coefficient (Wildman–Crippen LogP) is 4.05. The normalized spacial score (nSPS) is 18.3. The number of carbonyl (C=O) groups is 1. The number of aliphatic hydroxyl groups is 1. The van der Waals surface area contributed by atoms with Crippen molar-refractivity contribution < 1.29 is 14.6 Å². The van der Waals surface area contributed by atoms with Gasteiger partial charge in [0.05, 0.1) is 23.1 Å². The Bertz CT molecular complexity index is 913. The lowest BCUT2D eigenvalue weighted by atomic mass is 10.1. The van der Waals surface area contributed by atoms with Crippen LogP contribution in [0.4, 0.5) is 16.2 Å². The molecule has 1 fully saturated rings. The topological polar surface area (TPSA) is 73.8 Å². The number of nitrogens with zero attached hydrogens (tertiary/aromatic N) is 1. The SMILES string of the molecule is O=C(Nc1ccc(Cl)c(Cl)c1)N1CC(Oc2ccc3c(c2)C=CC(O)N3)C1. The fraction of sp³-hybridized carbons (Fsp3) is 0.211. The number of fused-ring (bicyclic) bond motifs is 1. The summed E-state index contributed by atoms with van der Waals surface area (Å²) in [4.78, 5) is 13.9. The first kappa shape index (κ1) is 18.0. The molecule has 2 aromatic rings. The Morgan fingerprint density at radius 1 is 1.19 bits per heavy atom. The zero-order valence-electron chi connectivity index (χ0n) is 14.2. The molecular weight excluding hydrogens is 389 g/mol. The van der Waals surface area contributed by atoms with Gasteiger partial charge in [-0.15, -0.1) is 0 Å². The number of likely N-dealkylation sites (tertiary alicyclic amines) is 1. The van der Waals surface area contributed by atoms with Crippen LogP contribution >= 0.6 is 23.2 Å². The number of ether oxygens (including phenoxy) is 1. The van der Waals surface area contributed by atoms with E-state index in [-0.39, 0.29) is 12.1 Å². The van der Waals surface area contributed by atoms with Gasteiger partial charge in [0.15, 0.2) is 0 Å². The summed E-state index contributed by atoms with van der Waals surface area (Å²) in [6.07, 6.45) is 2.79. The van der Waals surface area contributed by atoms with E-state index in [2.05, 4.69) is 10.6 Å². The highest BCUT2D eigenvalue weighted by molar-refractivity contribution is 6.42. The molecule has 1 unspecified atom stereocenters. The smallest absolute Gasteiger partial charge is 0.322 e. The van der Waals surface area contributed by atoms with E-state index in [1.54, 1.807) is 29.2 Å². The highest BCUT2D eigenvalue weighted by Crippen LogP contribution is 2.29. The minimum atomic E-state index is -0.668. The van der Waals surface area contributed by atoms with Crippen molar-refractivity contribution in [1.82, 2.24) is 4.90 Å². The van der Waals surface area contributed by atoms with Crippen molar-refractivity contribution in [3.8, 4) is 5.75 Å². The minimum Gasteiger partial charge on any atom is -0.487 e. The van der Waals surface area contributed by atoms with E-state index in [0.29, 0.717) is 28.8 Å². The molecule has 0 aromatic heterocycles. The van der Waals surface area contributed by atoms with Gasteiger partial charge in [-0.1, -0.05) is 29.3 Å². The Morgan fingerprint density at radius 3 is 2.78 bits per heavy atom.